The number of carbonyl (C=O) groups excluding carboxylic acids is 1. The quantitative estimate of drug-likeness (QED) is 0.737. The summed E-state index contributed by atoms with van der Waals surface area (Å²) in [6.07, 6.45) is 2.43. The molecule has 0 radical (unpaired) electrons. The fourth-order valence-electron chi connectivity index (χ4n) is 3.14. The van der Waals surface area contributed by atoms with E-state index in [9.17, 15) is 4.79 Å². The minimum Gasteiger partial charge on any atom is -0.379 e. The summed E-state index contributed by atoms with van der Waals surface area (Å²) in [7, 11) is 6.21. The molecule has 21 heavy (non-hydrogen) atoms. The Labute approximate surface area is 128 Å². The minimum atomic E-state index is -0.163. The minimum absolute atomic E-state index is 0.122. The molecule has 2 heterocycles. The summed E-state index contributed by atoms with van der Waals surface area (Å²) in [6.45, 7) is 4.97. The number of rotatable bonds is 5. The molecule has 2 atom stereocenters. The molecule has 0 aliphatic carbocycles. The first-order chi connectivity index (χ1) is 9.99. The normalized spacial score (nSPS) is 28.2. The lowest BCUT2D eigenvalue weighted by molar-refractivity contribution is -0.134. The molecule has 0 aromatic rings. The standard InChI is InChI=1S/C15H30N4O2/c1-17-6-4-12(5-7-17)18(2)8-9-19(3)15(20)13-10-21-11-14(13)16/h12-14H,4-11,16H2,1-3H3. The second-order valence-corrected chi connectivity index (χ2v) is 6.58. The highest BCUT2D eigenvalue weighted by molar-refractivity contribution is 5.79. The smallest absolute Gasteiger partial charge is 0.229 e. The number of nitrogens with zero attached hydrogens (tertiary/aromatic N) is 3. The Balaban J connectivity index is 1.72. The maximum atomic E-state index is 12.3. The van der Waals surface area contributed by atoms with Gasteiger partial charge < -0.3 is 25.2 Å². The third kappa shape index (κ3) is 4.39. The Morgan fingerprint density at radius 1 is 1.24 bits per heavy atom. The van der Waals surface area contributed by atoms with E-state index in [1.807, 2.05) is 11.9 Å². The Morgan fingerprint density at radius 2 is 1.90 bits per heavy atom. The van der Waals surface area contributed by atoms with Gasteiger partial charge in [0.25, 0.3) is 0 Å². The average molecular weight is 298 g/mol. The Hall–Kier alpha value is -0.690. The molecule has 6 heteroatoms. The van der Waals surface area contributed by atoms with E-state index in [0.717, 1.165) is 26.2 Å². The zero-order valence-corrected chi connectivity index (χ0v) is 13.6. The van der Waals surface area contributed by atoms with Crippen molar-refractivity contribution >= 4 is 5.91 Å². The molecule has 0 bridgehead atoms. The van der Waals surface area contributed by atoms with Crippen molar-refractivity contribution < 1.29 is 9.53 Å². The van der Waals surface area contributed by atoms with E-state index in [1.165, 1.54) is 12.8 Å². The van der Waals surface area contributed by atoms with Gasteiger partial charge in [-0.15, -0.1) is 0 Å². The van der Waals surface area contributed by atoms with Crippen molar-refractivity contribution in [2.45, 2.75) is 24.9 Å². The van der Waals surface area contributed by atoms with Crippen LogP contribution >= 0.6 is 0 Å². The molecule has 2 fully saturated rings. The van der Waals surface area contributed by atoms with Gasteiger partial charge >= 0.3 is 0 Å². The first-order valence-electron chi connectivity index (χ1n) is 7.96. The molecule has 2 rings (SSSR count). The third-order valence-corrected chi connectivity index (χ3v) is 4.92. The van der Waals surface area contributed by atoms with Gasteiger partial charge in [-0.1, -0.05) is 0 Å². The predicted octanol–water partition coefficient (Wildman–Crippen LogP) is -0.555. The summed E-state index contributed by atoms with van der Waals surface area (Å²) >= 11 is 0. The van der Waals surface area contributed by atoms with Crippen LogP contribution in [0.5, 0.6) is 0 Å². The number of amides is 1. The van der Waals surface area contributed by atoms with Crippen LogP contribution in [0.15, 0.2) is 0 Å². The maximum Gasteiger partial charge on any atom is 0.229 e. The van der Waals surface area contributed by atoms with Gasteiger partial charge in [0.1, 0.15) is 0 Å². The predicted molar refractivity (Wildman–Crippen MR) is 83.1 cm³/mol. The van der Waals surface area contributed by atoms with Crippen molar-refractivity contribution in [2.24, 2.45) is 11.7 Å². The van der Waals surface area contributed by atoms with E-state index in [-0.39, 0.29) is 17.9 Å². The monoisotopic (exact) mass is 298 g/mol. The van der Waals surface area contributed by atoms with E-state index >= 15 is 0 Å². The fraction of sp³-hybridized carbons (Fsp3) is 0.933. The second-order valence-electron chi connectivity index (χ2n) is 6.58. The van der Waals surface area contributed by atoms with Crippen LogP contribution in [0.2, 0.25) is 0 Å². The van der Waals surface area contributed by atoms with E-state index in [4.69, 9.17) is 10.5 Å². The number of ether oxygens (including phenoxy) is 1. The average Bonchev–Trinajstić information content (AvgIpc) is 2.90. The van der Waals surface area contributed by atoms with Crippen molar-refractivity contribution in [3.8, 4) is 0 Å². The lowest BCUT2D eigenvalue weighted by Crippen LogP contribution is -2.47. The number of nitrogens with two attached hydrogens (primary N) is 1. The molecule has 2 N–H and O–H groups in total. The van der Waals surface area contributed by atoms with Crippen molar-refractivity contribution in [3.63, 3.8) is 0 Å². The molecule has 0 aromatic carbocycles. The number of carbonyl (C=O) groups is 1. The van der Waals surface area contributed by atoms with Gasteiger partial charge in [0.15, 0.2) is 0 Å². The van der Waals surface area contributed by atoms with Crippen molar-refractivity contribution in [3.05, 3.63) is 0 Å². The van der Waals surface area contributed by atoms with Gasteiger partial charge in [-0.3, -0.25) is 4.79 Å². The van der Waals surface area contributed by atoms with Crippen LogP contribution in [0.4, 0.5) is 0 Å². The molecule has 1 amide bonds. The SMILES string of the molecule is CN1CCC(N(C)CCN(C)C(=O)C2COCC2N)CC1. The first kappa shape index (κ1) is 16.7. The number of piperidine rings is 1. The Bertz CT molecular complexity index is 345. The van der Waals surface area contributed by atoms with E-state index in [2.05, 4.69) is 23.9 Å². The first-order valence-corrected chi connectivity index (χ1v) is 7.96. The highest BCUT2D eigenvalue weighted by Crippen LogP contribution is 2.16. The van der Waals surface area contributed by atoms with Crippen molar-refractivity contribution in [1.29, 1.82) is 0 Å². The van der Waals surface area contributed by atoms with Gasteiger partial charge in [-0.2, -0.15) is 0 Å². The Morgan fingerprint density at radius 3 is 2.48 bits per heavy atom. The van der Waals surface area contributed by atoms with Gasteiger partial charge in [0.05, 0.1) is 19.1 Å². The largest absolute Gasteiger partial charge is 0.379 e. The van der Waals surface area contributed by atoms with Gasteiger partial charge in [0, 0.05) is 32.2 Å². The van der Waals surface area contributed by atoms with Crippen LogP contribution in [0.25, 0.3) is 0 Å². The summed E-state index contributed by atoms with van der Waals surface area (Å²) < 4.78 is 5.28. The van der Waals surface area contributed by atoms with Crippen molar-refractivity contribution in [2.75, 3.05) is 60.5 Å². The van der Waals surface area contributed by atoms with Gasteiger partial charge in [-0.05, 0) is 40.0 Å². The second kappa shape index (κ2) is 7.54. The van der Waals surface area contributed by atoms with Crippen LogP contribution in [-0.2, 0) is 9.53 Å². The molecule has 122 valence electrons. The molecule has 0 aromatic heterocycles. The molecule has 0 spiro atoms. The van der Waals surface area contributed by atoms with Gasteiger partial charge in [0.2, 0.25) is 5.91 Å². The van der Waals surface area contributed by atoms with Gasteiger partial charge in [-0.25, -0.2) is 0 Å². The van der Waals surface area contributed by atoms with E-state index < -0.39 is 0 Å². The lowest BCUT2D eigenvalue weighted by Gasteiger charge is -2.36. The van der Waals surface area contributed by atoms with Crippen LogP contribution in [0.3, 0.4) is 0 Å². The Kier molecular flexibility index (Phi) is 5.98. The number of hydrogen-bond donors (Lipinski definition) is 1. The van der Waals surface area contributed by atoms with Crippen molar-refractivity contribution in [1.82, 2.24) is 14.7 Å². The van der Waals surface area contributed by atoms with E-state index in [0.29, 0.717) is 19.3 Å². The molecular formula is C15H30N4O2. The summed E-state index contributed by atoms with van der Waals surface area (Å²) in [5.41, 5.74) is 5.92. The molecule has 6 nitrogen and oxygen atoms in total. The number of likely N-dealkylation sites (N-methyl/N-ethyl adjacent to an activating group) is 2. The molecule has 2 unspecified atom stereocenters. The molecule has 0 saturated carbocycles. The number of hydrogen-bond acceptors (Lipinski definition) is 5. The maximum absolute atomic E-state index is 12.3. The van der Waals surface area contributed by atoms with Crippen LogP contribution < -0.4 is 5.73 Å². The number of likely N-dealkylation sites (tertiary alicyclic amines) is 1. The fourth-order valence-corrected chi connectivity index (χ4v) is 3.14. The summed E-state index contributed by atoms with van der Waals surface area (Å²) in [5.74, 6) is -0.0413. The van der Waals surface area contributed by atoms with Crippen LogP contribution in [0.1, 0.15) is 12.8 Å². The molecular weight excluding hydrogens is 268 g/mol. The molecule has 2 aliphatic heterocycles. The van der Waals surface area contributed by atoms with E-state index in [1.54, 1.807) is 0 Å². The molecule has 2 aliphatic rings. The summed E-state index contributed by atoms with van der Waals surface area (Å²) in [6, 6.07) is 0.494. The molecule has 2 saturated heterocycles. The van der Waals surface area contributed by atoms with Crippen LogP contribution in [0, 0.1) is 5.92 Å². The topological polar surface area (TPSA) is 62.0 Å². The highest BCUT2D eigenvalue weighted by Gasteiger charge is 2.33. The lowest BCUT2D eigenvalue weighted by atomic mass is 10.0. The summed E-state index contributed by atoms with van der Waals surface area (Å²) in [5, 5.41) is 0. The van der Waals surface area contributed by atoms with Crippen LogP contribution in [-0.4, -0.2) is 93.2 Å². The summed E-state index contributed by atoms with van der Waals surface area (Å²) in [4.78, 5) is 18.9. The highest BCUT2D eigenvalue weighted by atomic mass is 16.5. The third-order valence-electron chi connectivity index (χ3n) is 4.92. The zero-order chi connectivity index (χ0) is 15.4. The zero-order valence-electron chi connectivity index (χ0n) is 13.6.